The van der Waals surface area contributed by atoms with E-state index in [9.17, 15) is 0 Å². The maximum absolute atomic E-state index is 8.99. The Hall–Kier alpha value is -1.83. The zero-order valence-corrected chi connectivity index (χ0v) is 12.8. The van der Waals surface area contributed by atoms with Crippen LogP contribution >= 0.6 is 15.9 Å². The lowest BCUT2D eigenvalue weighted by atomic mass is 10.0. The normalized spacial score (nSPS) is 11.7. The van der Waals surface area contributed by atoms with Crippen LogP contribution in [0.5, 0.6) is 0 Å². The van der Waals surface area contributed by atoms with Gasteiger partial charge in [-0.2, -0.15) is 5.26 Å². The van der Waals surface area contributed by atoms with E-state index in [0.29, 0.717) is 12.1 Å². The van der Waals surface area contributed by atoms with E-state index < -0.39 is 0 Å². The number of likely N-dealkylation sites (N-methyl/N-ethyl adjacent to an activating group) is 1. The quantitative estimate of drug-likeness (QED) is 0.934. The molecule has 0 aliphatic rings. The van der Waals surface area contributed by atoms with Gasteiger partial charge in [-0.1, -0.05) is 34.1 Å². The first-order valence-corrected chi connectivity index (χ1v) is 7.13. The van der Waals surface area contributed by atoms with Crippen LogP contribution < -0.4 is 10.6 Å². The summed E-state index contributed by atoms with van der Waals surface area (Å²) >= 11 is 3.44. The van der Waals surface area contributed by atoms with Gasteiger partial charge in [0.15, 0.2) is 0 Å². The van der Waals surface area contributed by atoms with Crippen molar-refractivity contribution in [3.8, 4) is 6.07 Å². The zero-order valence-electron chi connectivity index (χ0n) is 11.3. The minimum absolute atomic E-state index is 0.0806. The van der Waals surface area contributed by atoms with Crippen molar-refractivity contribution in [2.75, 3.05) is 18.5 Å². The zero-order chi connectivity index (χ0) is 14.5. The molecular weight excluding hydrogens is 314 g/mol. The third-order valence-electron chi connectivity index (χ3n) is 3.33. The van der Waals surface area contributed by atoms with E-state index in [-0.39, 0.29) is 6.04 Å². The molecule has 0 heterocycles. The van der Waals surface area contributed by atoms with E-state index in [4.69, 9.17) is 11.0 Å². The summed E-state index contributed by atoms with van der Waals surface area (Å²) in [6.45, 7) is 0.509. The predicted octanol–water partition coefficient (Wildman–Crippen LogP) is 3.46. The summed E-state index contributed by atoms with van der Waals surface area (Å²) in [6, 6.07) is 17.9. The van der Waals surface area contributed by atoms with Crippen molar-refractivity contribution in [1.29, 1.82) is 5.26 Å². The van der Waals surface area contributed by atoms with Gasteiger partial charge in [0.05, 0.1) is 17.7 Å². The van der Waals surface area contributed by atoms with Crippen molar-refractivity contribution in [2.24, 2.45) is 5.73 Å². The van der Waals surface area contributed by atoms with E-state index in [0.717, 1.165) is 15.7 Å². The summed E-state index contributed by atoms with van der Waals surface area (Å²) in [5.74, 6) is 0. The maximum atomic E-state index is 8.99. The molecule has 0 amide bonds. The fourth-order valence-corrected chi connectivity index (χ4v) is 2.44. The molecule has 2 rings (SSSR count). The van der Waals surface area contributed by atoms with Crippen LogP contribution in [0.4, 0.5) is 5.69 Å². The number of nitrogens with two attached hydrogens (primary N) is 1. The van der Waals surface area contributed by atoms with Gasteiger partial charge in [-0.3, -0.25) is 0 Å². The lowest BCUT2D eigenvalue weighted by Crippen LogP contribution is -2.30. The monoisotopic (exact) mass is 329 g/mol. The number of nitrogens with zero attached hydrogens (tertiary/aromatic N) is 2. The number of hydrogen-bond acceptors (Lipinski definition) is 3. The van der Waals surface area contributed by atoms with Gasteiger partial charge < -0.3 is 10.6 Å². The van der Waals surface area contributed by atoms with Gasteiger partial charge in [-0.15, -0.1) is 0 Å². The molecule has 0 saturated carbocycles. The number of nitriles is 1. The molecule has 0 saturated heterocycles. The summed E-state index contributed by atoms with van der Waals surface area (Å²) in [6.07, 6.45) is 0. The molecule has 1 atom stereocenters. The predicted molar refractivity (Wildman–Crippen MR) is 85.5 cm³/mol. The van der Waals surface area contributed by atoms with Crippen molar-refractivity contribution >= 4 is 21.6 Å². The first-order valence-electron chi connectivity index (χ1n) is 6.34. The molecule has 0 aromatic heterocycles. The minimum atomic E-state index is 0.0806. The molecule has 0 radical (unpaired) electrons. The second-order valence-corrected chi connectivity index (χ2v) is 5.49. The molecule has 0 spiro atoms. The highest BCUT2D eigenvalue weighted by Crippen LogP contribution is 2.26. The average molecular weight is 330 g/mol. The Bertz CT molecular complexity index is 616. The summed E-state index contributed by atoms with van der Waals surface area (Å²) in [5, 5.41) is 8.99. The Morgan fingerprint density at radius 3 is 2.55 bits per heavy atom. The van der Waals surface area contributed by atoms with Crippen molar-refractivity contribution in [3.05, 3.63) is 64.1 Å². The van der Waals surface area contributed by atoms with Crippen molar-refractivity contribution in [2.45, 2.75) is 6.04 Å². The van der Waals surface area contributed by atoms with Gasteiger partial charge in [-0.25, -0.2) is 0 Å². The molecular formula is C16H16BrN3. The van der Waals surface area contributed by atoms with Crippen molar-refractivity contribution < 1.29 is 0 Å². The molecule has 2 aromatic carbocycles. The fraction of sp³-hybridized carbons (Fsp3) is 0.188. The third kappa shape index (κ3) is 3.19. The van der Waals surface area contributed by atoms with Crippen LogP contribution in [0.1, 0.15) is 17.2 Å². The Morgan fingerprint density at radius 1 is 1.25 bits per heavy atom. The molecule has 0 bridgehead atoms. The first kappa shape index (κ1) is 14.6. The van der Waals surface area contributed by atoms with Crippen LogP contribution in [0.15, 0.2) is 53.0 Å². The smallest absolute Gasteiger partial charge is 0.0992 e. The molecule has 1 unspecified atom stereocenters. The average Bonchev–Trinajstić information content (AvgIpc) is 2.50. The highest BCUT2D eigenvalue weighted by molar-refractivity contribution is 9.10. The van der Waals surface area contributed by atoms with Crippen molar-refractivity contribution in [1.82, 2.24) is 0 Å². The van der Waals surface area contributed by atoms with Gasteiger partial charge in [0, 0.05) is 23.8 Å². The molecule has 0 fully saturated rings. The highest BCUT2D eigenvalue weighted by atomic mass is 79.9. The van der Waals surface area contributed by atoms with E-state index in [1.807, 2.05) is 37.4 Å². The molecule has 4 heteroatoms. The molecule has 2 aromatic rings. The van der Waals surface area contributed by atoms with Gasteiger partial charge in [0.25, 0.3) is 0 Å². The Kier molecular flexibility index (Phi) is 4.78. The standard InChI is InChI=1S/C16H16BrN3/c1-20(15-4-2-3-12(9-15)10-18)16(11-19)13-5-7-14(17)8-6-13/h2-9,16H,11,19H2,1H3. The fourth-order valence-electron chi connectivity index (χ4n) is 2.18. The van der Waals surface area contributed by atoms with Crippen LogP contribution in [0.25, 0.3) is 0 Å². The van der Waals surface area contributed by atoms with E-state index in [1.54, 1.807) is 6.07 Å². The van der Waals surface area contributed by atoms with Crippen molar-refractivity contribution in [3.63, 3.8) is 0 Å². The molecule has 3 nitrogen and oxygen atoms in total. The number of benzene rings is 2. The first-order chi connectivity index (χ1) is 9.65. The minimum Gasteiger partial charge on any atom is -0.366 e. The molecule has 102 valence electrons. The van der Waals surface area contributed by atoms with Gasteiger partial charge in [0.2, 0.25) is 0 Å². The van der Waals surface area contributed by atoms with E-state index in [2.05, 4.69) is 39.0 Å². The van der Waals surface area contributed by atoms with Crippen LogP contribution in [0.3, 0.4) is 0 Å². The Balaban J connectivity index is 2.31. The van der Waals surface area contributed by atoms with Crippen LogP contribution in [-0.4, -0.2) is 13.6 Å². The summed E-state index contributed by atoms with van der Waals surface area (Å²) in [7, 11) is 2.00. The largest absolute Gasteiger partial charge is 0.366 e. The van der Waals surface area contributed by atoms with Crippen LogP contribution in [0, 0.1) is 11.3 Å². The van der Waals surface area contributed by atoms with Gasteiger partial charge in [0.1, 0.15) is 0 Å². The number of rotatable bonds is 4. The Labute approximate surface area is 127 Å². The summed E-state index contributed by atoms with van der Waals surface area (Å²) in [5.41, 5.74) is 8.73. The van der Waals surface area contributed by atoms with E-state index >= 15 is 0 Å². The number of halogens is 1. The lowest BCUT2D eigenvalue weighted by Gasteiger charge is -2.29. The lowest BCUT2D eigenvalue weighted by molar-refractivity contribution is 0.680. The van der Waals surface area contributed by atoms with Crippen LogP contribution in [0.2, 0.25) is 0 Å². The molecule has 0 aliphatic carbocycles. The second-order valence-electron chi connectivity index (χ2n) is 4.58. The van der Waals surface area contributed by atoms with Crippen LogP contribution in [-0.2, 0) is 0 Å². The maximum Gasteiger partial charge on any atom is 0.0992 e. The number of hydrogen-bond donors (Lipinski definition) is 1. The highest BCUT2D eigenvalue weighted by Gasteiger charge is 2.16. The third-order valence-corrected chi connectivity index (χ3v) is 3.86. The number of anilines is 1. The summed E-state index contributed by atoms with van der Waals surface area (Å²) < 4.78 is 1.05. The molecule has 20 heavy (non-hydrogen) atoms. The summed E-state index contributed by atoms with van der Waals surface area (Å²) in [4.78, 5) is 2.10. The topological polar surface area (TPSA) is 53.0 Å². The van der Waals surface area contributed by atoms with Gasteiger partial charge in [-0.05, 0) is 35.9 Å². The SMILES string of the molecule is CN(c1cccc(C#N)c1)C(CN)c1ccc(Br)cc1. The Morgan fingerprint density at radius 2 is 1.95 bits per heavy atom. The molecule has 0 aliphatic heterocycles. The van der Waals surface area contributed by atoms with E-state index in [1.165, 1.54) is 0 Å². The molecule has 2 N–H and O–H groups in total. The second kappa shape index (κ2) is 6.56. The van der Waals surface area contributed by atoms with Gasteiger partial charge >= 0.3 is 0 Å².